The molecule has 1 rings (SSSR count). The highest BCUT2D eigenvalue weighted by Crippen LogP contribution is 2.19. The molecule has 15 heavy (non-hydrogen) atoms. The molecule has 0 radical (unpaired) electrons. The lowest BCUT2D eigenvalue weighted by molar-refractivity contribution is 0.278. The van der Waals surface area contributed by atoms with Crippen molar-refractivity contribution >= 4 is 27.7 Å². The summed E-state index contributed by atoms with van der Waals surface area (Å²) in [6.45, 7) is 0.0631. The molecule has 7 heteroatoms. The molecule has 0 atom stereocenters. The van der Waals surface area contributed by atoms with Gasteiger partial charge in [0.15, 0.2) is 0 Å². The molecule has 84 valence electrons. The number of anilines is 1. The van der Waals surface area contributed by atoms with E-state index in [0.717, 1.165) is 0 Å². The molecule has 0 amide bonds. The zero-order valence-corrected chi connectivity index (χ0v) is 9.25. The number of para-hydroxylation sites is 1. The number of hydrogen-bond donors (Lipinski definition) is 2. The Morgan fingerprint density at radius 1 is 1.40 bits per heavy atom. The SMILES string of the molecule is O=S(=O)(O)OCCNc1ccccc1Cl. The van der Waals surface area contributed by atoms with E-state index in [9.17, 15) is 8.42 Å². The molecule has 5 nitrogen and oxygen atoms in total. The van der Waals surface area contributed by atoms with Crippen LogP contribution >= 0.6 is 11.6 Å². The molecule has 0 spiro atoms. The molecule has 2 N–H and O–H groups in total. The molecule has 0 fully saturated rings. The summed E-state index contributed by atoms with van der Waals surface area (Å²) in [6.07, 6.45) is 0. The zero-order valence-electron chi connectivity index (χ0n) is 7.68. The molecule has 0 unspecified atom stereocenters. The molecule has 1 aromatic carbocycles. The Kier molecular flexibility index (Phi) is 4.34. The maximum atomic E-state index is 10.2. The lowest BCUT2D eigenvalue weighted by Crippen LogP contribution is -2.13. The molecule has 0 bridgehead atoms. The van der Waals surface area contributed by atoms with Gasteiger partial charge in [-0.05, 0) is 12.1 Å². The van der Waals surface area contributed by atoms with E-state index in [1.54, 1.807) is 24.3 Å². The minimum Gasteiger partial charge on any atom is -0.381 e. The van der Waals surface area contributed by atoms with Gasteiger partial charge in [-0.3, -0.25) is 4.55 Å². The van der Waals surface area contributed by atoms with Crippen LogP contribution in [-0.2, 0) is 14.6 Å². The van der Waals surface area contributed by atoms with Gasteiger partial charge in [-0.2, -0.15) is 8.42 Å². The third kappa shape index (κ3) is 4.98. The summed E-state index contributed by atoms with van der Waals surface area (Å²) < 4.78 is 32.8. The van der Waals surface area contributed by atoms with E-state index in [1.807, 2.05) is 0 Å². The first-order chi connectivity index (χ1) is 6.99. The van der Waals surface area contributed by atoms with E-state index < -0.39 is 10.4 Å². The fourth-order valence-corrected chi connectivity index (χ4v) is 1.43. The van der Waals surface area contributed by atoms with Gasteiger partial charge in [-0.15, -0.1) is 0 Å². The average molecular weight is 252 g/mol. The van der Waals surface area contributed by atoms with Crippen molar-refractivity contribution in [2.45, 2.75) is 0 Å². The van der Waals surface area contributed by atoms with Gasteiger partial charge in [0.05, 0.1) is 17.3 Å². The van der Waals surface area contributed by atoms with Crippen LogP contribution in [0, 0.1) is 0 Å². The summed E-state index contributed by atoms with van der Waals surface area (Å²) in [5.41, 5.74) is 0.679. The number of benzene rings is 1. The second-order valence-electron chi connectivity index (χ2n) is 2.66. The Hall–Kier alpha value is -0.820. The van der Waals surface area contributed by atoms with Gasteiger partial charge >= 0.3 is 10.4 Å². The Balaban J connectivity index is 2.36. The van der Waals surface area contributed by atoms with E-state index >= 15 is 0 Å². The molecule has 0 saturated heterocycles. The largest absolute Gasteiger partial charge is 0.397 e. The molecule has 0 aliphatic rings. The monoisotopic (exact) mass is 251 g/mol. The highest BCUT2D eigenvalue weighted by molar-refractivity contribution is 7.80. The van der Waals surface area contributed by atoms with Gasteiger partial charge in [-0.25, -0.2) is 4.18 Å². The van der Waals surface area contributed by atoms with Crippen LogP contribution < -0.4 is 5.32 Å². The predicted molar refractivity (Wildman–Crippen MR) is 57.4 cm³/mol. The minimum atomic E-state index is -4.36. The van der Waals surface area contributed by atoms with Gasteiger partial charge < -0.3 is 5.32 Å². The first kappa shape index (κ1) is 12.3. The van der Waals surface area contributed by atoms with Crippen molar-refractivity contribution < 1.29 is 17.2 Å². The first-order valence-electron chi connectivity index (χ1n) is 4.09. The highest BCUT2D eigenvalue weighted by Gasteiger charge is 2.03. The summed E-state index contributed by atoms with van der Waals surface area (Å²) in [5.74, 6) is 0. The molecular formula is C8H10ClNO4S. The standard InChI is InChI=1S/C8H10ClNO4S/c9-7-3-1-2-4-8(7)10-5-6-14-15(11,12)13/h1-4,10H,5-6H2,(H,11,12,13). The summed E-state index contributed by atoms with van der Waals surface area (Å²) in [7, 11) is -4.36. The smallest absolute Gasteiger partial charge is 0.381 e. The average Bonchev–Trinajstić information content (AvgIpc) is 2.13. The van der Waals surface area contributed by atoms with E-state index in [2.05, 4.69) is 9.50 Å². The minimum absolute atomic E-state index is 0.163. The second-order valence-corrected chi connectivity index (χ2v) is 4.15. The van der Waals surface area contributed by atoms with Crippen LogP contribution in [0.4, 0.5) is 5.69 Å². The van der Waals surface area contributed by atoms with Crippen LogP contribution in [0.5, 0.6) is 0 Å². The number of halogens is 1. The predicted octanol–water partition coefficient (Wildman–Crippen LogP) is 1.57. The van der Waals surface area contributed by atoms with Crippen molar-refractivity contribution in [2.24, 2.45) is 0 Å². The van der Waals surface area contributed by atoms with Gasteiger partial charge in [0.2, 0.25) is 0 Å². The Morgan fingerprint density at radius 2 is 2.07 bits per heavy atom. The Bertz CT molecular complexity index is 420. The topological polar surface area (TPSA) is 75.6 Å². The molecule has 0 heterocycles. The number of nitrogens with one attached hydrogen (secondary N) is 1. The van der Waals surface area contributed by atoms with Crippen molar-refractivity contribution in [1.82, 2.24) is 0 Å². The van der Waals surface area contributed by atoms with Crippen LogP contribution in [0.3, 0.4) is 0 Å². The van der Waals surface area contributed by atoms with Crippen molar-refractivity contribution in [3.05, 3.63) is 29.3 Å². The summed E-state index contributed by atoms with van der Waals surface area (Å²) in [6, 6.07) is 7.02. The van der Waals surface area contributed by atoms with E-state index in [1.165, 1.54) is 0 Å². The summed E-state index contributed by atoms with van der Waals surface area (Å²) >= 11 is 5.82. The van der Waals surface area contributed by atoms with Gasteiger partial charge in [0.1, 0.15) is 0 Å². The maximum Gasteiger partial charge on any atom is 0.397 e. The Labute approximate surface area is 93.0 Å². The summed E-state index contributed by atoms with van der Waals surface area (Å²) in [4.78, 5) is 0. The molecule has 0 aromatic heterocycles. The van der Waals surface area contributed by atoms with Crippen LogP contribution in [0.15, 0.2) is 24.3 Å². The van der Waals surface area contributed by atoms with Crippen molar-refractivity contribution in [3.8, 4) is 0 Å². The van der Waals surface area contributed by atoms with Gasteiger partial charge in [0.25, 0.3) is 0 Å². The third-order valence-electron chi connectivity index (χ3n) is 1.52. The first-order valence-corrected chi connectivity index (χ1v) is 5.83. The fraction of sp³-hybridized carbons (Fsp3) is 0.250. The third-order valence-corrected chi connectivity index (χ3v) is 2.32. The Morgan fingerprint density at radius 3 is 2.67 bits per heavy atom. The second kappa shape index (κ2) is 5.32. The van der Waals surface area contributed by atoms with Crippen molar-refractivity contribution in [2.75, 3.05) is 18.5 Å². The van der Waals surface area contributed by atoms with Crippen LogP contribution in [-0.4, -0.2) is 26.1 Å². The van der Waals surface area contributed by atoms with E-state index in [0.29, 0.717) is 10.7 Å². The lowest BCUT2D eigenvalue weighted by Gasteiger charge is -2.06. The normalized spacial score (nSPS) is 11.3. The number of rotatable bonds is 5. The molecular weight excluding hydrogens is 242 g/mol. The van der Waals surface area contributed by atoms with Crippen LogP contribution in [0.1, 0.15) is 0 Å². The molecule has 0 aliphatic carbocycles. The summed E-state index contributed by atoms with van der Waals surface area (Å²) in [5, 5.41) is 3.38. The molecule has 0 aliphatic heterocycles. The zero-order chi connectivity index (χ0) is 11.3. The maximum absolute atomic E-state index is 10.2. The van der Waals surface area contributed by atoms with Gasteiger partial charge in [-0.1, -0.05) is 23.7 Å². The van der Waals surface area contributed by atoms with Crippen molar-refractivity contribution in [1.29, 1.82) is 0 Å². The van der Waals surface area contributed by atoms with Crippen LogP contribution in [0.25, 0.3) is 0 Å². The lowest BCUT2D eigenvalue weighted by atomic mass is 10.3. The number of hydrogen-bond acceptors (Lipinski definition) is 4. The molecule has 0 saturated carbocycles. The fourth-order valence-electron chi connectivity index (χ4n) is 0.937. The van der Waals surface area contributed by atoms with E-state index in [-0.39, 0.29) is 13.2 Å². The van der Waals surface area contributed by atoms with Gasteiger partial charge in [0, 0.05) is 6.54 Å². The van der Waals surface area contributed by atoms with Crippen LogP contribution in [0.2, 0.25) is 5.02 Å². The highest BCUT2D eigenvalue weighted by atomic mass is 35.5. The van der Waals surface area contributed by atoms with Crippen molar-refractivity contribution in [3.63, 3.8) is 0 Å². The quantitative estimate of drug-likeness (QED) is 0.614. The molecule has 1 aromatic rings. The van der Waals surface area contributed by atoms with E-state index in [4.69, 9.17) is 16.2 Å².